The Kier molecular flexibility index (Phi) is 4.49. The molecule has 7 heteroatoms. The Balaban J connectivity index is 1.27. The van der Waals surface area contributed by atoms with Crippen molar-refractivity contribution in [2.45, 2.75) is 77.2 Å². The van der Waals surface area contributed by atoms with E-state index in [1.54, 1.807) is 0 Å². The van der Waals surface area contributed by atoms with Crippen molar-refractivity contribution in [2.24, 2.45) is 29.1 Å². The Labute approximate surface area is 170 Å². The highest BCUT2D eigenvalue weighted by atomic mass is 32.1. The Hall–Kier alpha value is -1.50. The lowest BCUT2D eigenvalue weighted by atomic mass is 9.49. The number of amides is 2. The van der Waals surface area contributed by atoms with E-state index < -0.39 is 6.04 Å². The van der Waals surface area contributed by atoms with E-state index in [1.807, 2.05) is 13.8 Å². The SMILES string of the molecule is CC(C)[C@@H](NC(=O)C12CC3CC(CC(C3)C1)C2)C(=O)Nc1nnc(C2CC2)s1. The van der Waals surface area contributed by atoms with Gasteiger partial charge in [0.1, 0.15) is 11.0 Å². The highest BCUT2D eigenvalue weighted by Crippen LogP contribution is 2.60. The summed E-state index contributed by atoms with van der Waals surface area (Å²) in [6, 6.07) is -0.534. The molecule has 1 aromatic heterocycles. The van der Waals surface area contributed by atoms with Crippen LogP contribution in [0.25, 0.3) is 0 Å². The molecule has 2 N–H and O–H groups in total. The molecule has 28 heavy (non-hydrogen) atoms. The Morgan fingerprint density at radius 1 is 1.04 bits per heavy atom. The molecule has 1 heterocycles. The molecule has 0 aromatic carbocycles. The van der Waals surface area contributed by atoms with E-state index in [4.69, 9.17) is 0 Å². The predicted molar refractivity (Wildman–Crippen MR) is 108 cm³/mol. The number of hydrogen-bond acceptors (Lipinski definition) is 5. The third-order valence-electron chi connectivity index (χ3n) is 7.35. The van der Waals surface area contributed by atoms with Gasteiger partial charge in [0.15, 0.2) is 0 Å². The van der Waals surface area contributed by atoms with Crippen LogP contribution in [-0.4, -0.2) is 28.1 Å². The summed E-state index contributed by atoms with van der Waals surface area (Å²) in [5.41, 5.74) is -0.232. The predicted octanol–water partition coefficient (Wildman–Crippen LogP) is 3.71. The van der Waals surface area contributed by atoms with E-state index in [0.29, 0.717) is 28.8 Å². The summed E-state index contributed by atoms with van der Waals surface area (Å²) >= 11 is 1.46. The average molecular weight is 403 g/mol. The van der Waals surface area contributed by atoms with Crippen molar-refractivity contribution in [2.75, 3.05) is 5.32 Å². The zero-order chi connectivity index (χ0) is 19.5. The van der Waals surface area contributed by atoms with Crippen LogP contribution in [0.5, 0.6) is 0 Å². The van der Waals surface area contributed by atoms with Crippen molar-refractivity contribution in [3.05, 3.63) is 5.01 Å². The normalized spacial score (nSPS) is 34.5. The topological polar surface area (TPSA) is 84.0 Å². The van der Waals surface area contributed by atoms with Crippen molar-refractivity contribution in [1.82, 2.24) is 15.5 Å². The number of anilines is 1. The Morgan fingerprint density at radius 3 is 2.18 bits per heavy atom. The number of aromatic nitrogens is 2. The highest BCUT2D eigenvalue weighted by molar-refractivity contribution is 7.15. The van der Waals surface area contributed by atoms with E-state index in [0.717, 1.165) is 24.3 Å². The first-order valence-electron chi connectivity index (χ1n) is 10.9. The van der Waals surface area contributed by atoms with E-state index in [1.165, 1.54) is 43.4 Å². The van der Waals surface area contributed by atoms with Gasteiger partial charge in [0.2, 0.25) is 16.9 Å². The van der Waals surface area contributed by atoms with Gasteiger partial charge in [0.25, 0.3) is 0 Å². The van der Waals surface area contributed by atoms with Gasteiger partial charge in [-0.05, 0) is 75.0 Å². The summed E-state index contributed by atoms with van der Waals surface area (Å²) in [5.74, 6) is 2.62. The summed E-state index contributed by atoms with van der Waals surface area (Å²) in [7, 11) is 0. The van der Waals surface area contributed by atoms with Crippen LogP contribution in [0.2, 0.25) is 0 Å². The molecule has 1 atom stereocenters. The minimum absolute atomic E-state index is 0.0219. The fourth-order valence-electron chi connectivity index (χ4n) is 6.18. The molecule has 0 aliphatic heterocycles. The lowest BCUT2D eigenvalue weighted by Gasteiger charge is -2.55. The number of nitrogens with one attached hydrogen (secondary N) is 2. The molecule has 0 radical (unpaired) electrons. The molecule has 5 saturated carbocycles. The molecule has 2 amide bonds. The quantitative estimate of drug-likeness (QED) is 0.760. The smallest absolute Gasteiger partial charge is 0.249 e. The Morgan fingerprint density at radius 2 is 1.64 bits per heavy atom. The fourth-order valence-corrected chi connectivity index (χ4v) is 7.10. The number of nitrogens with zero attached hydrogens (tertiary/aromatic N) is 2. The van der Waals surface area contributed by atoms with Crippen LogP contribution in [0, 0.1) is 29.1 Å². The van der Waals surface area contributed by atoms with Crippen molar-refractivity contribution < 1.29 is 9.59 Å². The van der Waals surface area contributed by atoms with E-state index in [9.17, 15) is 9.59 Å². The number of hydrogen-bond donors (Lipinski definition) is 2. The molecule has 1 aromatic rings. The van der Waals surface area contributed by atoms with Crippen LogP contribution in [0.3, 0.4) is 0 Å². The average Bonchev–Trinajstić information content (AvgIpc) is 3.37. The maximum atomic E-state index is 13.4. The molecule has 0 spiro atoms. The van der Waals surface area contributed by atoms with E-state index in [-0.39, 0.29) is 23.1 Å². The monoisotopic (exact) mass is 402 g/mol. The zero-order valence-corrected chi connectivity index (χ0v) is 17.6. The molecule has 5 aliphatic rings. The zero-order valence-electron chi connectivity index (χ0n) is 16.7. The third-order valence-corrected chi connectivity index (χ3v) is 8.35. The number of carbonyl (C=O) groups is 2. The minimum atomic E-state index is -0.534. The fraction of sp³-hybridized carbons (Fsp3) is 0.810. The number of carbonyl (C=O) groups excluding carboxylic acids is 2. The molecule has 5 aliphatic carbocycles. The van der Waals surface area contributed by atoms with Gasteiger partial charge in [-0.15, -0.1) is 10.2 Å². The van der Waals surface area contributed by atoms with Crippen molar-refractivity contribution in [3.63, 3.8) is 0 Å². The molecular weight excluding hydrogens is 372 g/mol. The van der Waals surface area contributed by atoms with Gasteiger partial charge in [0.05, 0.1) is 0 Å². The standard InChI is InChI=1S/C21H30N4O2S/c1-11(2)16(17(26)23-20-25-24-18(28-20)15-3-4-15)22-19(27)21-8-12-5-13(9-21)7-14(6-12)10-21/h11-16H,3-10H2,1-2H3,(H,22,27)(H,23,25,26)/t12?,13?,14?,16-,21?/m1/s1. The highest BCUT2D eigenvalue weighted by Gasteiger charge is 2.55. The van der Waals surface area contributed by atoms with Crippen LogP contribution in [0.4, 0.5) is 5.13 Å². The molecular formula is C21H30N4O2S. The van der Waals surface area contributed by atoms with Gasteiger partial charge >= 0.3 is 0 Å². The summed E-state index contributed by atoms with van der Waals surface area (Å²) in [6.45, 7) is 3.97. The number of rotatable bonds is 6. The van der Waals surface area contributed by atoms with Crippen molar-refractivity contribution >= 4 is 28.3 Å². The second kappa shape index (κ2) is 6.78. The van der Waals surface area contributed by atoms with Gasteiger partial charge in [-0.1, -0.05) is 25.2 Å². The molecule has 6 rings (SSSR count). The van der Waals surface area contributed by atoms with Crippen LogP contribution < -0.4 is 10.6 Å². The summed E-state index contributed by atoms with van der Waals surface area (Å²) in [6.07, 6.45) is 9.29. The second-order valence-electron chi connectivity index (χ2n) is 10.1. The first-order chi connectivity index (χ1) is 13.4. The summed E-state index contributed by atoms with van der Waals surface area (Å²) < 4.78 is 0. The maximum absolute atomic E-state index is 13.4. The van der Waals surface area contributed by atoms with Crippen LogP contribution in [0.15, 0.2) is 0 Å². The molecule has 152 valence electrons. The second-order valence-corrected chi connectivity index (χ2v) is 11.1. The lowest BCUT2D eigenvalue weighted by molar-refractivity contribution is -0.148. The van der Waals surface area contributed by atoms with Crippen molar-refractivity contribution in [3.8, 4) is 0 Å². The van der Waals surface area contributed by atoms with Gasteiger partial charge in [-0.25, -0.2) is 0 Å². The van der Waals surface area contributed by atoms with Crippen molar-refractivity contribution in [1.29, 1.82) is 0 Å². The summed E-state index contributed by atoms with van der Waals surface area (Å²) in [4.78, 5) is 26.3. The molecule has 0 saturated heterocycles. The summed E-state index contributed by atoms with van der Waals surface area (Å²) in [5, 5.41) is 15.9. The maximum Gasteiger partial charge on any atom is 0.249 e. The van der Waals surface area contributed by atoms with E-state index in [2.05, 4.69) is 20.8 Å². The lowest BCUT2D eigenvalue weighted by Crippen LogP contribution is -2.57. The van der Waals surface area contributed by atoms with E-state index >= 15 is 0 Å². The van der Waals surface area contributed by atoms with Crippen LogP contribution in [-0.2, 0) is 9.59 Å². The van der Waals surface area contributed by atoms with Crippen LogP contribution in [0.1, 0.15) is 76.1 Å². The minimum Gasteiger partial charge on any atom is -0.344 e. The molecule has 4 bridgehead atoms. The van der Waals surface area contributed by atoms with Gasteiger partial charge in [-0.3, -0.25) is 14.9 Å². The van der Waals surface area contributed by atoms with Gasteiger partial charge in [0, 0.05) is 11.3 Å². The molecule has 6 nitrogen and oxygen atoms in total. The first-order valence-corrected chi connectivity index (χ1v) is 11.7. The molecule has 5 fully saturated rings. The Bertz CT molecular complexity index is 750. The van der Waals surface area contributed by atoms with Gasteiger partial charge < -0.3 is 5.32 Å². The van der Waals surface area contributed by atoms with Crippen LogP contribution >= 0.6 is 11.3 Å². The van der Waals surface area contributed by atoms with Gasteiger partial charge in [-0.2, -0.15) is 0 Å². The molecule has 0 unspecified atom stereocenters. The third kappa shape index (κ3) is 3.36. The largest absolute Gasteiger partial charge is 0.344 e. The first kappa shape index (κ1) is 18.5.